The summed E-state index contributed by atoms with van der Waals surface area (Å²) in [5.41, 5.74) is 3.64. The molecule has 0 fully saturated rings. The van der Waals surface area contributed by atoms with Crippen molar-refractivity contribution in [3.8, 4) is 0 Å². The smallest absolute Gasteiger partial charge is 0.109 e. The number of nitrogens with one attached hydrogen (secondary N) is 1. The number of anilines is 1. The predicted molar refractivity (Wildman–Crippen MR) is 79.9 cm³/mol. The third-order valence-corrected chi connectivity index (χ3v) is 3.66. The van der Waals surface area contributed by atoms with Gasteiger partial charge in [0.25, 0.3) is 0 Å². The maximum absolute atomic E-state index is 4.27. The van der Waals surface area contributed by atoms with Crippen molar-refractivity contribution >= 4 is 21.6 Å². The van der Waals surface area contributed by atoms with Crippen LogP contribution in [0.15, 0.2) is 47.2 Å². The number of aromatic nitrogens is 1. The van der Waals surface area contributed by atoms with Crippen LogP contribution in [0.2, 0.25) is 0 Å². The third-order valence-electron chi connectivity index (χ3n) is 2.83. The summed E-state index contributed by atoms with van der Waals surface area (Å²) >= 11 is 3.40. The Hall–Kier alpha value is -1.35. The van der Waals surface area contributed by atoms with Crippen LogP contribution in [0.5, 0.6) is 0 Å². The fourth-order valence-electron chi connectivity index (χ4n) is 1.82. The Bertz CT molecular complexity index is 497. The van der Waals surface area contributed by atoms with E-state index < -0.39 is 0 Å². The van der Waals surface area contributed by atoms with E-state index in [2.05, 4.69) is 62.6 Å². The molecule has 18 heavy (non-hydrogen) atoms. The molecule has 94 valence electrons. The lowest BCUT2D eigenvalue weighted by molar-refractivity contribution is 0.862. The minimum atomic E-state index is 0.914. The van der Waals surface area contributed by atoms with Gasteiger partial charge in [0.05, 0.1) is 11.9 Å². The van der Waals surface area contributed by atoms with Crippen LogP contribution in [-0.4, -0.2) is 11.5 Å². The van der Waals surface area contributed by atoms with Gasteiger partial charge in [-0.15, -0.1) is 0 Å². The number of halogens is 1. The van der Waals surface area contributed by atoms with Gasteiger partial charge in [0.2, 0.25) is 0 Å². The molecule has 0 atom stereocenters. The van der Waals surface area contributed by atoms with E-state index in [4.69, 9.17) is 0 Å². The molecule has 0 aliphatic heterocycles. The quantitative estimate of drug-likeness (QED) is 0.661. The number of nitrogens with zero attached hydrogens (tertiary/aromatic N) is 1. The van der Waals surface area contributed by atoms with Crippen LogP contribution in [0.3, 0.4) is 0 Å². The van der Waals surface area contributed by atoms with Crippen LogP contribution >= 0.6 is 15.9 Å². The summed E-state index contributed by atoms with van der Waals surface area (Å²) < 4.78 is 0.914. The second-order valence-electron chi connectivity index (χ2n) is 4.35. The van der Waals surface area contributed by atoms with Gasteiger partial charge in [-0.3, -0.25) is 0 Å². The van der Waals surface area contributed by atoms with E-state index in [1.807, 2.05) is 13.1 Å². The van der Waals surface area contributed by atoms with Gasteiger partial charge in [-0.2, -0.15) is 0 Å². The Kier molecular flexibility index (Phi) is 4.76. The first-order valence-electron chi connectivity index (χ1n) is 6.15. The van der Waals surface area contributed by atoms with E-state index in [9.17, 15) is 0 Å². The average molecular weight is 305 g/mol. The fraction of sp³-hybridized carbons (Fsp3) is 0.267. The molecule has 2 nitrogen and oxygen atoms in total. The highest BCUT2D eigenvalue weighted by Gasteiger charge is 1.98. The normalized spacial score (nSPS) is 10.3. The predicted octanol–water partition coefficient (Wildman–Crippen LogP) is 4.20. The molecular weight excluding hydrogens is 288 g/mol. The van der Waals surface area contributed by atoms with Gasteiger partial charge in [0, 0.05) is 6.54 Å². The Balaban J connectivity index is 1.77. The summed E-state index contributed by atoms with van der Waals surface area (Å²) in [4.78, 5) is 4.27. The monoisotopic (exact) mass is 304 g/mol. The number of hydrogen-bond acceptors (Lipinski definition) is 2. The molecule has 1 N–H and O–H groups in total. The summed E-state index contributed by atoms with van der Waals surface area (Å²) in [5, 5.41) is 3.40. The highest BCUT2D eigenvalue weighted by Crippen LogP contribution is 2.16. The summed E-state index contributed by atoms with van der Waals surface area (Å²) in [5.74, 6) is 0. The van der Waals surface area contributed by atoms with Crippen LogP contribution in [0.4, 0.5) is 5.69 Å². The van der Waals surface area contributed by atoms with Gasteiger partial charge < -0.3 is 5.32 Å². The zero-order valence-corrected chi connectivity index (χ0v) is 12.1. The summed E-state index contributed by atoms with van der Waals surface area (Å²) in [7, 11) is 0. The Morgan fingerprint density at radius 2 is 2.00 bits per heavy atom. The zero-order valence-electron chi connectivity index (χ0n) is 10.5. The number of aryl methyl sites for hydroxylation is 2. The van der Waals surface area contributed by atoms with E-state index in [0.717, 1.165) is 35.2 Å². The molecule has 2 rings (SSSR count). The van der Waals surface area contributed by atoms with Crippen LogP contribution in [-0.2, 0) is 6.42 Å². The van der Waals surface area contributed by atoms with Crippen LogP contribution in [0.1, 0.15) is 17.5 Å². The number of hydrogen-bond donors (Lipinski definition) is 1. The van der Waals surface area contributed by atoms with E-state index in [1.54, 1.807) is 0 Å². The molecule has 3 heteroatoms. The van der Waals surface area contributed by atoms with Crippen LogP contribution in [0, 0.1) is 6.92 Å². The average Bonchev–Trinajstić information content (AvgIpc) is 2.40. The molecule has 1 aromatic carbocycles. The van der Waals surface area contributed by atoms with Gasteiger partial charge in [-0.1, -0.05) is 30.3 Å². The molecule has 2 aromatic rings. The molecule has 0 bridgehead atoms. The summed E-state index contributed by atoms with van der Waals surface area (Å²) in [6, 6.07) is 12.7. The standard InChI is InChI=1S/C15H17BrN2/c1-12-10-14(11-18-15(12)16)17-9-5-8-13-6-3-2-4-7-13/h2-4,6-7,10-11,17H,5,8-9H2,1H3. The molecule has 0 spiro atoms. The van der Waals surface area contributed by atoms with Gasteiger partial charge in [0.15, 0.2) is 0 Å². The van der Waals surface area contributed by atoms with Crippen LogP contribution < -0.4 is 5.32 Å². The second kappa shape index (κ2) is 6.55. The van der Waals surface area contributed by atoms with E-state index in [1.165, 1.54) is 5.56 Å². The Labute approximate surface area is 117 Å². The second-order valence-corrected chi connectivity index (χ2v) is 5.10. The van der Waals surface area contributed by atoms with Crippen molar-refractivity contribution < 1.29 is 0 Å². The molecule has 0 amide bonds. The first-order chi connectivity index (χ1) is 8.75. The lowest BCUT2D eigenvalue weighted by Crippen LogP contribution is -2.03. The van der Waals surface area contributed by atoms with Gasteiger partial charge in [0.1, 0.15) is 4.60 Å². The molecule has 0 aliphatic carbocycles. The van der Waals surface area contributed by atoms with Gasteiger partial charge in [-0.05, 0) is 52.9 Å². The zero-order chi connectivity index (χ0) is 12.8. The Morgan fingerprint density at radius 3 is 2.72 bits per heavy atom. The molecule has 0 saturated carbocycles. The molecule has 1 aromatic heterocycles. The summed E-state index contributed by atoms with van der Waals surface area (Å²) in [6.45, 7) is 3.02. The van der Waals surface area contributed by atoms with Crippen molar-refractivity contribution in [2.45, 2.75) is 19.8 Å². The molecule has 0 unspecified atom stereocenters. The van der Waals surface area contributed by atoms with E-state index >= 15 is 0 Å². The highest BCUT2D eigenvalue weighted by atomic mass is 79.9. The third kappa shape index (κ3) is 3.84. The first kappa shape index (κ1) is 13.1. The molecule has 1 heterocycles. The van der Waals surface area contributed by atoms with Crippen molar-refractivity contribution in [2.75, 3.05) is 11.9 Å². The lowest BCUT2D eigenvalue weighted by Gasteiger charge is -2.07. The Morgan fingerprint density at radius 1 is 1.22 bits per heavy atom. The lowest BCUT2D eigenvalue weighted by atomic mass is 10.1. The number of benzene rings is 1. The SMILES string of the molecule is Cc1cc(NCCCc2ccccc2)cnc1Br. The minimum Gasteiger partial charge on any atom is -0.384 e. The largest absolute Gasteiger partial charge is 0.384 e. The van der Waals surface area contributed by atoms with Gasteiger partial charge in [-0.25, -0.2) is 4.98 Å². The summed E-state index contributed by atoms with van der Waals surface area (Å²) in [6.07, 6.45) is 4.09. The number of pyridine rings is 1. The van der Waals surface area contributed by atoms with E-state index in [-0.39, 0.29) is 0 Å². The highest BCUT2D eigenvalue weighted by molar-refractivity contribution is 9.10. The topological polar surface area (TPSA) is 24.9 Å². The minimum absolute atomic E-state index is 0.914. The first-order valence-corrected chi connectivity index (χ1v) is 6.95. The van der Waals surface area contributed by atoms with E-state index in [0.29, 0.717) is 0 Å². The molecule has 0 saturated heterocycles. The molecular formula is C15H17BrN2. The fourth-order valence-corrected chi connectivity index (χ4v) is 2.04. The van der Waals surface area contributed by atoms with Crippen molar-refractivity contribution in [1.82, 2.24) is 4.98 Å². The number of rotatable bonds is 5. The maximum Gasteiger partial charge on any atom is 0.109 e. The van der Waals surface area contributed by atoms with Crippen molar-refractivity contribution in [1.29, 1.82) is 0 Å². The van der Waals surface area contributed by atoms with Crippen molar-refractivity contribution in [2.24, 2.45) is 0 Å². The van der Waals surface area contributed by atoms with Crippen molar-refractivity contribution in [3.63, 3.8) is 0 Å². The molecule has 0 radical (unpaired) electrons. The van der Waals surface area contributed by atoms with Crippen LogP contribution in [0.25, 0.3) is 0 Å². The maximum atomic E-state index is 4.27. The van der Waals surface area contributed by atoms with Crippen molar-refractivity contribution in [3.05, 3.63) is 58.3 Å². The molecule has 0 aliphatic rings. The van der Waals surface area contributed by atoms with Gasteiger partial charge >= 0.3 is 0 Å².